The second-order valence-electron chi connectivity index (χ2n) is 6.69. The van der Waals surface area contributed by atoms with Crippen LogP contribution in [-0.4, -0.2) is 77.1 Å². The van der Waals surface area contributed by atoms with Gasteiger partial charge in [-0.1, -0.05) is 0 Å². The van der Waals surface area contributed by atoms with Crippen molar-refractivity contribution in [2.24, 2.45) is 5.10 Å². The molecule has 0 unspecified atom stereocenters. The first-order chi connectivity index (χ1) is 14.6. The predicted molar refractivity (Wildman–Crippen MR) is 110 cm³/mol. The van der Waals surface area contributed by atoms with Crippen LogP contribution in [0.2, 0.25) is 0 Å². The Balaban J connectivity index is 1.96. The van der Waals surface area contributed by atoms with E-state index < -0.39 is 37.8 Å². The van der Waals surface area contributed by atoms with Crippen LogP contribution < -0.4 is 16.7 Å². The fourth-order valence-corrected chi connectivity index (χ4v) is 4.45. The van der Waals surface area contributed by atoms with Crippen LogP contribution in [0, 0.1) is 10.1 Å². The highest BCUT2D eigenvalue weighted by Crippen LogP contribution is 2.29. The van der Waals surface area contributed by atoms with Crippen LogP contribution in [0.5, 0.6) is 5.88 Å². The number of nitro benzene ring substituents is 1. The third kappa shape index (κ3) is 4.79. The van der Waals surface area contributed by atoms with Gasteiger partial charge in [-0.2, -0.15) is 9.41 Å². The van der Waals surface area contributed by atoms with Gasteiger partial charge in [-0.05, 0) is 13.1 Å². The van der Waals surface area contributed by atoms with Gasteiger partial charge in [-0.25, -0.2) is 13.2 Å². The van der Waals surface area contributed by atoms with E-state index in [2.05, 4.69) is 10.5 Å². The van der Waals surface area contributed by atoms with Crippen LogP contribution in [0.25, 0.3) is 0 Å². The number of H-pyrrole nitrogens is 2. The molecule has 14 nitrogen and oxygen atoms in total. The summed E-state index contributed by atoms with van der Waals surface area (Å²) in [6, 6.07) is 3.20. The van der Waals surface area contributed by atoms with Gasteiger partial charge in [0.2, 0.25) is 15.9 Å². The number of rotatable bonds is 6. The number of anilines is 1. The molecule has 3 rings (SSSR count). The Morgan fingerprint density at radius 2 is 1.90 bits per heavy atom. The molecule has 0 spiro atoms. The molecule has 1 aromatic heterocycles. The number of hydrazone groups is 1. The number of hydrogen-bond donors (Lipinski definition) is 4. The lowest BCUT2D eigenvalue weighted by molar-refractivity contribution is -0.385. The van der Waals surface area contributed by atoms with Gasteiger partial charge in [0, 0.05) is 38.3 Å². The number of likely N-dealkylation sites (N-methyl/N-ethyl adjacent to an activating group) is 1. The average molecular weight is 453 g/mol. The number of nitro groups is 1. The van der Waals surface area contributed by atoms with Gasteiger partial charge in [-0.3, -0.25) is 30.3 Å². The van der Waals surface area contributed by atoms with Crippen molar-refractivity contribution in [3.63, 3.8) is 0 Å². The van der Waals surface area contributed by atoms with Crippen molar-refractivity contribution in [3.8, 4) is 5.88 Å². The molecule has 0 radical (unpaired) electrons. The Kier molecular flexibility index (Phi) is 6.19. The zero-order chi connectivity index (χ0) is 22.8. The third-order valence-corrected chi connectivity index (χ3v) is 6.53. The lowest BCUT2D eigenvalue weighted by atomic mass is 10.3. The maximum absolute atomic E-state index is 13.1. The average Bonchev–Trinajstić information content (AvgIpc) is 2.70. The number of nitrogens with one attached hydrogen (secondary N) is 3. The van der Waals surface area contributed by atoms with Gasteiger partial charge in [0.1, 0.15) is 10.5 Å². The van der Waals surface area contributed by atoms with Crippen molar-refractivity contribution >= 4 is 27.6 Å². The molecule has 0 saturated carbocycles. The summed E-state index contributed by atoms with van der Waals surface area (Å²) in [5.74, 6) is -0.728. The summed E-state index contributed by atoms with van der Waals surface area (Å²) in [5.41, 5.74) is -0.269. The fourth-order valence-electron chi connectivity index (χ4n) is 2.87. The SMILES string of the molecule is CN1CCN(S(=O)(=O)c2cc([N+](=O)[O-])ccc2NN=Cc2c(O)[nH]c(=O)[nH]c2=O)CC1. The lowest BCUT2D eigenvalue weighted by Crippen LogP contribution is -2.47. The molecule has 2 heterocycles. The summed E-state index contributed by atoms with van der Waals surface area (Å²) in [6.45, 7) is 1.43. The second kappa shape index (κ2) is 8.66. The molecule has 31 heavy (non-hydrogen) atoms. The normalized spacial score (nSPS) is 15.9. The van der Waals surface area contributed by atoms with Crippen LogP contribution >= 0.6 is 0 Å². The van der Waals surface area contributed by atoms with Gasteiger partial charge in [0.25, 0.3) is 11.2 Å². The van der Waals surface area contributed by atoms with Crippen LogP contribution in [0.3, 0.4) is 0 Å². The van der Waals surface area contributed by atoms with E-state index in [9.17, 15) is 33.2 Å². The van der Waals surface area contributed by atoms with Gasteiger partial charge in [0.05, 0.1) is 16.8 Å². The number of aromatic amines is 2. The molecule has 0 atom stereocenters. The van der Waals surface area contributed by atoms with Crippen molar-refractivity contribution in [2.45, 2.75) is 4.90 Å². The highest BCUT2D eigenvalue weighted by molar-refractivity contribution is 7.89. The lowest BCUT2D eigenvalue weighted by Gasteiger charge is -2.31. The molecule has 4 N–H and O–H groups in total. The topological polar surface area (TPSA) is 194 Å². The number of aromatic nitrogens is 2. The van der Waals surface area contributed by atoms with E-state index in [1.807, 2.05) is 21.9 Å². The van der Waals surface area contributed by atoms with E-state index in [1.54, 1.807) is 0 Å². The van der Waals surface area contributed by atoms with E-state index in [-0.39, 0.29) is 29.2 Å². The Hall–Kier alpha value is -3.56. The Labute approximate surface area is 175 Å². The van der Waals surface area contributed by atoms with E-state index in [0.717, 1.165) is 18.3 Å². The van der Waals surface area contributed by atoms with E-state index >= 15 is 0 Å². The monoisotopic (exact) mass is 453 g/mol. The molecule has 2 aromatic rings. The minimum absolute atomic E-state index is 0.0684. The second-order valence-corrected chi connectivity index (χ2v) is 8.59. The molecule has 1 aliphatic heterocycles. The standard InChI is InChI=1S/C16H19N7O7S/c1-21-4-6-22(7-5-21)31(29,30)13-8-10(23(27)28)2-3-12(13)20-17-9-11-14(24)18-16(26)19-15(11)25/h2-3,8-9,20H,4-7H2,1H3,(H3,18,19,24,25,26). The molecule has 0 bridgehead atoms. The number of non-ortho nitro benzene ring substituents is 1. The number of sulfonamides is 1. The summed E-state index contributed by atoms with van der Waals surface area (Å²) in [5, 5.41) is 24.6. The molecule has 15 heteroatoms. The molecule has 1 fully saturated rings. The quantitative estimate of drug-likeness (QED) is 0.242. The number of aromatic hydroxyl groups is 1. The van der Waals surface area contributed by atoms with Crippen LogP contribution in [0.15, 0.2) is 37.8 Å². The maximum Gasteiger partial charge on any atom is 0.328 e. The van der Waals surface area contributed by atoms with Crippen LogP contribution in [-0.2, 0) is 10.0 Å². The number of nitrogens with zero attached hydrogens (tertiary/aromatic N) is 4. The Morgan fingerprint density at radius 1 is 1.23 bits per heavy atom. The first-order valence-corrected chi connectivity index (χ1v) is 10.4. The summed E-state index contributed by atoms with van der Waals surface area (Å²) in [7, 11) is -2.23. The van der Waals surface area contributed by atoms with Crippen molar-refractivity contribution in [1.82, 2.24) is 19.2 Å². The van der Waals surface area contributed by atoms with Crippen LogP contribution in [0.4, 0.5) is 11.4 Å². The van der Waals surface area contributed by atoms with Crippen LogP contribution in [0.1, 0.15) is 5.56 Å². The van der Waals surface area contributed by atoms with Gasteiger partial charge < -0.3 is 10.0 Å². The van der Waals surface area contributed by atoms with Gasteiger partial charge >= 0.3 is 5.69 Å². The number of hydrogen-bond acceptors (Lipinski definition) is 10. The van der Waals surface area contributed by atoms with Crippen molar-refractivity contribution < 1.29 is 18.4 Å². The van der Waals surface area contributed by atoms with Gasteiger partial charge in [0.15, 0.2) is 0 Å². The first-order valence-electron chi connectivity index (χ1n) is 8.91. The smallest absolute Gasteiger partial charge is 0.328 e. The minimum Gasteiger partial charge on any atom is -0.494 e. The van der Waals surface area contributed by atoms with Crippen molar-refractivity contribution in [3.05, 3.63) is 54.7 Å². The Bertz CT molecular complexity index is 1240. The molecule has 0 amide bonds. The maximum atomic E-state index is 13.1. The van der Waals surface area contributed by atoms with E-state index in [0.29, 0.717) is 13.1 Å². The largest absolute Gasteiger partial charge is 0.494 e. The molecular formula is C16H19N7O7S. The van der Waals surface area contributed by atoms with Crippen molar-refractivity contribution in [2.75, 3.05) is 38.7 Å². The molecule has 166 valence electrons. The zero-order valence-electron chi connectivity index (χ0n) is 16.2. The van der Waals surface area contributed by atoms with E-state index in [4.69, 9.17) is 0 Å². The van der Waals surface area contributed by atoms with Gasteiger partial charge in [-0.15, -0.1) is 0 Å². The minimum atomic E-state index is -4.09. The summed E-state index contributed by atoms with van der Waals surface area (Å²) in [4.78, 5) is 38.8. The highest BCUT2D eigenvalue weighted by Gasteiger charge is 2.31. The zero-order valence-corrected chi connectivity index (χ0v) is 17.0. The molecule has 1 aromatic carbocycles. The highest BCUT2D eigenvalue weighted by atomic mass is 32.2. The number of piperazine rings is 1. The molecule has 1 saturated heterocycles. The fraction of sp³-hybridized carbons (Fsp3) is 0.312. The van der Waals surface area contributed by atoms with E-state index in [1.165, 1.54) is 10.4 Å². The summed E-state index contributed by atoms with van der Waals surface area (Å²) < 4.78 is 27.5. The predicted octanol–water partition coefficient (Wildman–Crippen LogP) is -0.941. The summed E-state index contributed by atoms with van der Waals surface area (Å²) in [6.07, 6.45) is 0.873. The summed E-state index contributed by atoms with van der Waals surface area (Å²) >= 11 is 0. The van der Waals surface area contributed by atoms with Crippen molar-refractivity contribution in [1.29, 1.82) is 0 Å². The number of benzene rings is 1. The first kappa shape index (κ1) is 22.1. The molecule has 0 aliphatic carbocycles. The molecule has 1 aliphatic rings. The molecular weight excluding hydrogens is 434 g/mol. The Morgan fingerprint density at radius 3 is 2.52 bits per heavy atom. The third-order valence-electron chi connectivity index (χ3n) is 4.59.